The van der Waals surface area contributed by atoms with Crippen LogP contribution in [0.15, 0.2) is 70.6 Å². The van der Waals surface area contributed by atoms with Gasteiger partial charge in [-0.2, -0.15) is 0 Å². The van der Waals surface area contributed by atoms with Crippen LogP contribution in [0, 0.1) is 0 Å². The average molecular weight is 349 g/mol. The molecule has 0 atom stereocenters. The molecular formula is C18H15N5OS. The second kappa shape index (κ2) is 6.90. The van der Waals surface area contributed by atoms with Gasteiger partial charge in [0, 0.05) is 30.6 Å². The van der Waals surface area contributed by atoms with Crippen molar-refractivity contribution in [3.05, 3.63) is 66.9 Å². The smallest absolute Gasteiger partial charge is 0.205 e. The minimum Gasteiger partial charge on any atom is -0.440 e. The number of pyridine rings is 1. The highest BCUT2D eigenvalue weighted by atomic mass is 32.2. The summed E-state index contributed by atoms with van der Waals surface area (Å²) in [6.45, 7) is 0. The minimum atomic E-state index is 0.589. The van der Waals surface area contributed by atoms with E-state index in [4.69, 9.17) is 4.42 Å². The number of hydrogen-bond donors (Lipinski definition) is 0. The fourth-order valence-electron chi connectivity index (χ4n) is 2.43. The average Bonchev–Trinajstić information content (AvgIpc) is 3.28. The summed E-state index contributed by atoms with van der Waals surface area (Å²) < 4.78 is 7.77. The number of aromatic nitrogens is 5. The van der Waals surface area contributed by atoms with Crippen molar-refractivity contribution in [2.45, 2.75) is 10.9 Å². The molecule has 0 bridgehead atoms. The molecule has 0 saturated heterocycles. The van der Waals surface area contributed by atoms with E-state index in [1.807, 2.05) is 54.1 Å². The first-order chi connectivity index (χ1) is 12.3. The summed E-state index contributed by atoms with van der Waals surface area (Å²) >= 11 is 1.54. The predicted octanol–water partition coefficient (Wildman–Crippen LogP) is 3.82. The van der Waals surface area contributed by atoms with Crippen LogP contribution in [-0.4, -0.2) is 24.7 Å². The molecule has 7 heteroatoms. The van der Waals surface area contributed by atoms with Gasteiger partial charge in [-0.3, -0.25) is 4.98 Å². The summed E-state index contributed by atoms with van der Waals surface area (Å²) in [7, 11) is 1.94. The number of thioether (sulfide) groups is 1. The van der Waals surface area contributed by atoms with Gasteiger partial charge in [0.15, 0.2) is 16.7 Å². The number of oxazole rings is 1. The lowest BCUT2D eigenvalue weighted by molar-refractivity contribution is 0.529. The Morgan fingerprint density at radius 1 is 1.00 bits per heavy atom. The molecule has 0 unspecified atom stereocenters. The highest BCUT2D eigenvalue weighted by molar-refractivity contribution is 7.98. The first-order valence-corrected chi connectivity index (χ1v) is 8.72. The summed E-state index contributed by atoms with van der Waals surface area (Å²) in [4.78, 5) is 8.47. The zero-order valence-electron chi connectivity index (χ0n) is 13.5. The third-order valence-corrected chi connectivity index (χ3v) is 4.70. The lowest BCUT2D eigenvalue weighted by Gasteiger charge is -2.02. The maximum Gasteiger partial charge on any atom is 0.205 e. The van der Waals surface area contributed by atoms with Crippen LogP contribution in [0.1, 0.15) is 5.89 Å². The Labute approximate surface area is 149 Å². The predicted molar refractivity (Wildman–Crippen MR) is 95.7 cm³/mol. The molecule has 3 heterocycles. The molecule has 124 valence electrons. The van der Waals surface area contributed by atoms with E-state index in [0.29, 0.717) is 11.6 Å². The van der Waals surface area contributed by atoms with Gasteiger partial charge in [0.2, 0.25) is 5.89 Å². The topological polar surface area (TPSA) is 69.6 Å². The second-order valence-corrected chi connectivity index (χ2v) is 6.32. The first-order valence-electron chi connectivity index (χ1n) is 7.74. The van der Waals surface area contributed by atoms with E-state index in [1.54, 1.807) is 18.6 Å². The molecule has 0 spiro atoms. The number of rotatable bonds is 5. The van der Waals surface area contributed by atoms with Crippen LogP contribution in [0.2, 0.25) is 0 Å². The molecular weight excluding hydrogens is 334 g/mol. The van der Waals surface area contributed by atoms with E-state index in [-0.39, 0.29) is 0 Å². The Hall–Kier alpha value is -2.93. The highest BCUT2D eigenvalue weighted by Crippen LogP contribution is 2.26. The van der Waals surface area contributed by atoms with E-state index < -0.39 is 0 Å². The largest absolute Gasteiger partial charge is 0.440 e. The third-order valence-electron chi connectivity index (χ3n) is 3.69. The van der Waals surface area contributed by atoms with Crippen LogP contribution in [0.5, 0.6) is 0 Å². The van der Waals surface area contributed by atoms with E-state index in [2.05, 4.69) is 20.2 Å². The van der Waals surface area contributed by atoms with Gasteiger partial charge in [-0.1, -0.05) is 42.1 Å². The maximum atomic E-state index is 5.82. The molecule has 0 N–H and O–H groups in total. The molecule has 0 radical (unpaired) electrons. The Kier molecular flexibility index (Phi) is 4.30. The molecule has 0 aliphatic rings. The van der Waals surface area contributed by atoms with Crippen LogP contribution in [0.25, 0.3) is 22.7 Å². The Bertz CT molecular complexity index is 966. The van der Waals surface area contributed by atoms with Crippen molar-refractivity contribution in [1.29, 1.82) is 0 Å². The van der Waals surface area contributed by atoms with Crippen LogP contribution in [-0.2, 0) is 12.8 Å². The quantitative estimate of drug-likeness (QED) is 0.510. The van der Waals surface area contributed by atoms with E-state index >= 15 is 0 Å². The summed E-state index contributed by atoms with van der Waals surface area (Å²) in [5.41, 5.74) is 1.95. The van der Waals surface area contributed by atoms with Gasteiger partial charge in [-0.05, 0) is 12.1 Å². The standard InChI is InChI=1S/C18H15N5OS/c1-23-17(14-8-5-9-19-10-14)21-22-18(23)25-12-16-20-11-15(24-16)13-6-3-2-4-7-13/h2-11H,12H2,1H3. The molecule has 6 nitrogen and oxygen atoms in total. The van der Waals surface area contributed by atoms with Gasteiger partial charge in [0.05, 0.1) is 11.9 Å². The van der Waals surface area contributed by atoms with Crippen molar-refractivity contribution in [2.75, 3.05) is 0 Å². The van der Waals surface area contributed by atoms with Gasteiger partial charge in [0.25, 0.3) is 0 Å². The molecule has 1 aromatic carbocycles. The fraction of sp³-hybridized carbons (Fsp3) is 0.111. The molecule has 0 saturated carbocycles. The molecule has 0 aliphatic heterocycles. The molecule has 4 rings (SSSR count). The fourth-order valence-corrected chi connectivity index (χ4v) is 3.19. The van der Waals surface area contributed by atoms with Crippen molar-refractivity contribution in [3.8, 4) is 22.7 Å². The zero-order valence-corrected chi connectivity index (χ0v) is 14.3. The maximum absolute atomic E-state index is 5.82. The van der Waals surface area contributed by atoms with Crippen molar-refractivity contribution >= 4 is 11.8 Å². The summed E-state index contributed by atoms with van der Waals surface area (Å²) in [5.74, 6) is 2.80. The summed E-state index contributed by atoms with van der Waals surface area (Å²) in [6, 6.07) is 13.8. The molecule has 3 aromatic heterocycles. The van der Waals surface area contributed by atoms with Crippen molar-refractivity contribution in [2.24, 2.45) is 7.05 Å². The van der Waals surface area contributed by atoms with Gasteiger partial charge in [-0.15, -0.1) is 10.2 Å². The number of benzene rings is 1. The van der Waals surface area contributed by atoms with Crippen molar-refractivity contribution in [1.82, 2.24) is 24.7 Å². The van der Waals surface area contributed by atoms with Gasteiger partial charge in [0.1, 0.15) is 0 Å². The normalized spacial score (nSPS) is 10.9. The lowest BCUT2D eigenvalue weighted by Crippen LogP contribution is -1.95. The summed E-state index contributed by atoms with van der Waals surface area (Å²) in [6.07, 6.45) is 5.27. The Morgan fingerprint density at radius 3 is 2.64 bits per heavy atom. The van der Waals surface area contributed by atoms with Gasteiger partial charge < -0.3 is 8.98 Å². The van der Waals surface area contributed by atoms with E-state index in [0.717, 1.165) is 27.9 Å². The summed E-state index contributed by atoms with van der Waals surface area (Å²) in [5, 5.41) is 9.31. The van der Waals surface area contributed by atoms with Crippen LogP contribution in [0.3, 0.4) is 0 Å². The third kappa shape index (κ3) is 3.32. The highest BCUT2D eigenvalue weighted by Gasteiger charge is 2.13. The molecule has 0 aliphatic carbocycles. The van der Waals surface area contributed by atoms with Crippen LogP contribution in [0.4, 0.5) is 0 Å². The van der Waals surface area contributed by atoms with E-state index in [1.165, 1.54) is 11.8 Å². The Balaban J connectivity index is 1.48. The van der Waals surface area contributed by atoms with Crippen LogP contribution < -0.4 is 0 Å². The number of hydrogen-bond acceptors (Lipinski definition) is 6. The Morgan fingerprint density at radius 2 is 1.84 bits per heavy atom. The lowest BCUT2D eigenvalue weighted by atomic mass is 10.2. The van der Waals surface area contributed by atoms with Gasteiger partial charge in [-0.25, -0.2) is 4.98 Å². The monoisotopic (exact) mass is 349 g/mol. The zero-order chi connectivity index (χ0) is 17.1. The minimum absolute atomic E-state index is 0.589. The van der Waals surface area contributed by atoms with Crippen molar-refractivity contribution < 1.29 is 4.42 Å². The molecule has 25 heavy (non-hydrogen) atoms. The molecule has 0 fully saturated rings. The number of nitrogens with zero attached hydrogens (tertiary/aromatic N) is 5. The van der Waals surface area contributed by atoms with Crippen molar-refractivity contribution in [3.63, 3.8) is 0 Å². The van der Waals surface area contributed by atoms with Crippen LogP contribution >= 0.6 is 11.8 Å². The first kappa shape index (κ1) is 15.6. The van der Waals surface area contributed by atoms with E-state index in [9.17, 15) is 0 Å². The second-order valence-electron chi connectivity index (χ2n) is 5.38. The molecule has 0 amide bonds. The molecule has 4 aromatic rings. The SMILES string of the molecule is Cn1c(SCc2ncc(-c3ccccc3)o2)nnc1-c1cccnc1. The van der Waals surface area contributed by atoms with Gasteiger partial charge >= 0.3 is 0 Å².